The van der Waals surface area contributed by atoms with Crippen LogP contribution in [0, 0.1) is 0 Å². The molecule has 9 heteroatoms. The minimum Gasteiger partial charge on any atom is -0.366 e. The van der Waals surface area contributed by atoms with Gasteiger partial charge in [-0.25, -0.2) is 8.42 Å². The van der Waals surface area contributed by atoms with Crippen LogP contribution in [0.1, 0.15) is 19.3 Å². The predicted molar refractivity (Wildman–Crippen MR) is 97.5 cm³/mol. The molecule has 0 aromatic heterocycles. The van der Waals surface area contributed by atoms with E-state index in [2.05, 4.69) is 10.6 Å². The summed E-state index contributed by atoms with van der Waals surface area (Å²) < 4.78 is 32.3. The zero-order valence-electron chi connectivity index (χ0n) is 13.9. The van der Waals surface area contributed by atoms with Crippen molar-refractivity contribution < 1.29 is 17.9 Å². The summed E-state index contributed by atoms with van der Waals surface area (Å²) in [5.74, 6) is -0.269. The Hall–Kier alpha value is -1.19. The SMILES string of the molecule is Cl.O=C(Nc1cccc(S(=O)(=O)N2CCCCC2)c1)C1CNCCO1. The average Bonchev–Trinajstić information content (AvgIpc) is 2.63. The number of nitrogens with zero attached hydrogens (tertiary/aromatic N) is 1. The van der Waals surface area contributed by atoms with Gasteiger partial charge in [-0.15, -0.1) is 12.4 Å². The van der Waals surface area contributed by atoms with Gasteiger partial charge in [0.1, 0.15) is 6.10 Å². The molecule has 2 aliphatic heterocycles. The number of carbonyl (C=O) groups excluding carboxylic acids is 1. The molecule has 1 amide bonds. The van der Waals surface area contributed by atoms with E-state index in [1.165, 1.54) is 10.4 Å². The van der Waals surface area contributed by atoms with Crippen molar-refractivity contribution >= 4 is 34.0 Å². The highest BCUT2D eigenvalue weighted by atomic mass is 35.5. The van der Waals surface area contributed by atoms with Gasteiger partial charge in [0.2, 0.25) is 10.0 Å². The molecule has 25 heavy (non-hydrogen) atoms. The lowest BCUT2D eigenvalue weighted by molar-refractivity contribution is -0.128. The second kappa shape index (κ2) is 8.95. The third-order valence-electron chi connectivity index (χ3n) is 4.27. The largest absolute Gasteiger partial charge is 0.366 e. The first-order valence-electron chi connectivity index (χ1n) is 8.31. The molecule has 2 heterocycles. The molecule has 1 aromatic rings. The number of hydrogen-bond acceptors (Lipinski definition) is 5. The normalized spacial score (nSPS) is 22.0. The van der Waals surface area contributed by atoms with Crippen molar-refractivity contribution in [1.29, 1.82) is 0 Å². The Labute approximate surface area is 154 Å². The van der Waals surface area contributed by atoms with Crippen LogP contribution >= 0.6 is 12.4 Å². The first kappa shape index (κ1) is 20.1. The zero-order valence-corrected chi connectivity index (χ0v) is 15.6. The Morgan fingerprint density at radius 2 is 2.00 bits per heavy atom. The van der Waals surface area contributed by atoms with Gasteiger partial charge in [-0.1, -0.05) is 12.5 Å². The fourth-order valence-electron chi connectivity index (χ4n) is 2.95. The predicted octanol–water partition coefficient (Wildman–Crippen LogP) is 1.21. The smallest absolute Gasteiger partial charge is 0.254 e. The van der Waals surface area contributed by atoms with Crippen LogP contribution < -0.4 is 10.6 Å². The number of piperidine rings is 1. The number of anilines is 1. The summed E-state index contributed by atoms with van der Waals surface area (Å²) in [7, 11) is -3.51. The number of rotatable bonds is 4. The zero-order chi connectivity index (χ0) is 17.0. The summed E-state index contributed by atoms with van der Waals surface area (Å²) >= 11 is 0. The van der Waals surface area contributed by atoms with Crippen molar-refractivity contribution in [3.8, 4) is 0 Å². The molecule has 1 unspecified atom stereocenters. The summed E-state index contributed by atoms with van der Waals surface area (Å²) in [4.78, 5) is 12.4. The molecule has 0 bridgehead atoms. The number of amides is 1. The first-order valence-corrected chi connectivity index (χ1v) is 9.75. The molecule has 0 radical (unpaired) electrons. The van der Waals surface area contributed by atoms with E-state index < -0.39 is 16.1 Å². The number of hydrogen-bond donors (Lipinski definition) is 2. The van der Waals surface area contributed by atoms with E-state index >= 15 is 0 Å². The molecule has 2 saturated heterocycles. The molecule has 140 valence electrons. The molecule has 7 nitrogen and oxygen atoms in total. The summed E-state index contributed by atoms with van der Waals surface area (Å²) in [5.41, 5.74) is 0.465. The van der Waals surface area contributed by atoms with Gasteiger partial charge in [-0.05, 0) is 31.0 Å². The lowest BCUT2D eigenvalue weighted by Crippen LogP contribution is -2.45. The van der Waals surface area contributed by atoms with Crippen molar-refractivity contribution in [1.82, 2.24) is 9.62 Å². The number of benzene rings is 1. The van der Waals surface area contributed by atoms with Crippen LogP contribution in [0.15, 0.2) is 29.2 Å². The van der Waals surface area contributed by atoms with Gasteiger partial charge in [0.25, 0.3) is 5.91 Å². The Morgan fingerprint density at radius 3 is 2.68 bits per heavy atom. The molecule has 0 spiro atoms. The number of morpholine rings is 1. The molecular weight excluding hydrogens is 366 g/mol. The summed E-state index contributed by atoms with van der Waals surface area (Å²) in [6.07, 6.45) is 2.29. The maximum absolute atomic E-state index is 12.7. The van der Waals surface area contributed by atoms with Crippen LogP contribution in [0.4, 0.5) is 5.69 Å². The van der Waals surface area contributed by atoms with Gasteiger partial charge in [0.05, 0.1) is 11.5 Å². The molecular formula is C16H24ClN3O4S. The van der Waals surface area contributed by atoms with Gasteiger partial charge in [-0.3, -0.25) is 4.79 Å². The van der Waals surface area contributed by atoms with Gasteiger partial charge in [-0.2, -0.15) is 4.31 Å². The minimum atomic E-state index is -3.51. The molecule has 1 aromatic carbocycles. The van der Waals surface area contributed by atoms with Crippen molar-refractivity contribution in [2.75, 3.05) is 38.1 Å². The maximum atomic E-state index is 12.7. The molecule has 1 atom stereocenters. The molecule has 2 fully saturated rings. The van der Waals surface area contributed by atoms with E-state index in [1.807, 2.05) is 0 Å². The fourth-order valence-corrected chi connectivity index (χ4v) is 4.51. The van der Waals surface area contributed by atoms with E-state index in [-0.39, 0.29) is 23.2 Å². The van der Waals surface area contributed by atoms with Crippen molar-refractivity contribution in [2.45, 2.75) is 30.3 Å². The maximum Gasteiger partial charge on any atom is 0.254 e. The standard InChI is InChI=1S/C16H23N3O4S.ClH/c20-16(15-12-17-7-10-23-15)18-13-5-4-6-14(11-13)24(21,22)19-8-2-1-3-9-19;/h4-6,11,15,17H,1-3,7-10,12H2,(H,18,20);1H. The van der Waals surface area contributed by atoms with Crippen molar-refractivity contribution in [3.05, 3.63) is 24.3 Å². The third-order valence-corrected chi connectivity index (χ3v) is 6.17. The number of sulfonamides is 1. The Kier molecular flexibility index (Phi) is 7.21. The van der Waals surface area contributed by atoms with Crippen molar-refractivity contribution in [3.63, 3.8) is 0 Å². The second-order valence-corrected chi connectivity index (χ2v) is 7.98. The lowest BCUT2D eigenvalue weighted by atomic mass is 10.2. The minimum absolute atomic E-state index is 0. The third kappa shape index (κ3) is 4.92. The lowest BCUT2D eigenvalue weighted by Gasteiger charge is -2.26. The van der Waals surface area contributed by atoms with E-state index in [0.29, 0.717) is 31.9 Å². The Bertz CT molecular complexity index is 686. The molecule has 0 aliphatic carbocycles. The number of ether oxygens (including phenoxy) is 1. The first-order chi connectivity index (χ1) is 11.6. The van der Waals surface area contributed by atoms with Crippen molar-refractivity contribution in [2.24, 2.45) is 0 Å². The fraction of sp³-hybridized carbons (Fsp3) is 0.562. The van der Waals surface area contributed by atoms with Crippen LogP contribution in [0.2, 0.25) is 0 Å². The summed E-state index contributed by atoms with van der Waals surface area (Å²) in [5, 5.41) is 5.83. The molecule has 2 N–H and O–H groups in total. The number of carbonyl (C=O) groups is 1. The number of nitrogens with one attached hydrogen (secondary N) is 2. The number of halogens is 1. The van der Waals surface area contributed by atoms with Crippen LogP contribution in [-0.4, -0.2) is 57.5 Å². The molecule has 3 rings (SSSR count). The van der Waals surface area contributed by atoms with Gasteiger partial charge < -0.3 is 15.4 Å². The summed E-state index contributed by atoms with van der Waals surface area (Å²) in [6, 6.07) is 6.41. The summed E-state index contributed by atoms with van der Waals surface area (Å²) in [6.45, 7) is 2.79. The second-order valence-electron chi connectivity index (χ2n) is 6.05. The topological polar surface area (TPSA) is 87.7 Å². The Balaban J connectivity index is 0.00000225. The van der Waals surface area contributed by atoms with Crippen LogP contribution in [-0.2, 0) is 19.6 Å². The highest BCUT2D eigenvalue weighted by Crippen LogP contribution is 2.23. The quantitative estimate of drug-likeness (QED) is 0.808. The van der Waals surface area contributed by atoms with E-state index in [4.69, 9.17) is 4.74 Å². The van der Waals surface area contributed by atoms with E-state index in [9.17, 15) is 13.2 Å². The average molecular weight is 390 g/mol. The molecule has 2 aliphatic rings. The van der Waals surface area contributed by atoms with Crippen LogP contribution in [0.3, 0.4) is 0 Å². The van der Waals surface area contributed by atoms with E-state index in [0.717, 1.165) is 25.8 Å². The highest BCUT2D eigenvalue weighted by molar-refractivity contribution is 7.89. The van der Waals surface area contributed by atoms with Gasteiger partial charge in [0, 0.05) is 31.9 Å². The van der Waals surface area contributed by atoms with Crippen LogP contribution in [0.25, 0.3) is 0 Å². The Morgan fingerprint density at radius 1 is 1.24 bits per heavy atom. The van der Waals surface area contributed by atoms with Crippen LogP contribution in [0.5, 0.6) is 0 Å². The van der Waals surface area contributed by atoms with E-state index in [1.54, 1.807) is 18.2 Å². The molecule has 0 saturated carbocycles. The highest BCUT2D eigenvalue weighted by Gasteiger charge is 2.27. The van der Waals surface area contributed by atoms with Gasteiger partial charge in [0.15, 0.2) is 0 Å². The van der Waals surface area contributed by atoms with Gasteiger partial charge >= 0.3 is 0 Å². The monoisotopic (exact) mass is 389 g/mol.